The first-order valence-corrected chi connectivity index (χ1v) is 7.21. The van der Waals surface area contributed by atoms with Gasteiger partial charge in [0.05, 0.1) is 0 Å². The molecule has 3 rings (SSSR count). The molecule has 3 aromatic rings. The summed E-state index contributed by atoms with van der Waals surface area (Å²) < 4.78 is 5.22. The van der Waals surface area contributed by atoms with Crippen molar-refractivity contribution >= 4 is 11.0 Å². The van der Waals surface area contributed by atoms with Crippen LogP contribution in [0.25, 0.3) is 11.0 Å². The van der Waals surface area contributed by atoms with Crippen LogP contribution in [0, 0.1) is 13.8 Å². The highest BCUT2D eigenvalue weighted by Crippen LogP contribution is 2.22. The molecule has 0 atom stereocenters. The quantitative estimate of drug-likeness (QED) is 0.672. The predicted molar refractivity (Wildman–Crippen MR) is 85.8 cm³/mol. The van der Waals surface area contributed by atoms with Gasteiger partial charge in [-0.3, -0.25) is 0 Å². The fourth-order valence-corrected chi connectivity index (χ4v) is 2.64. The summed E-state index contributed by atoms with van der Waals surface area (Å²) in [4.78, 5) is 11.3. The van der Waals surface area contributed by atoms with Gasteiger partial charge in [0.15, 0.2) is 0 Å². The lowest BCUT2D eigenvalue weighted by molar-refractivity contribution is 0.560. The molecule has 2 nitrogen and oxygen atoms in total. The van der Waals surface area contributed by atoms with Crippen LogP contribution in [0.1, 0.15) is 22.3 Å². The Morgan fingerprint density at radius 3 is 2.38 bits per heavy atom. The molecule has 0 spiro atoms. The highest BCUT2D eigenvalue weighted by Gasteiger charge is 2.06. The van der Waals surface area contributed by atoms with Crippen molar-refractivity contribution in [3.8, 4) is 0 Å². The molecule has 0 saturated heterocycles. The summed E-state index contributed by atoms with van der Waals surface area (Å²) in [6.07, 6.45) is 2.01. The molecule has 0 amide bonds. The zero-order valence-corrected chi connectivity index (χ0v) is 12.3. The average molecular weight is 278 g/mol. The molecule has 1 aromatic heterocycles. The summed E-state index contributed by atoms with van der Waals surface area (Å²) in [6.45, 7) is 4.19. The second-order valence-corrected chi connectivity index (χ2v) is 5.50. The van der Waals surface area contributed by atoms with Crippen molar-refractivity contribution < 1.29 is 4.42 Å². The van der Waals surface area contributed by atoms with E-state index in [2.05, 4.69) is 44.2 Å². The first kappa shape index (κ1) is 13.6. The summed E-state index contributed by atoms with van der Waals surface area (Å²) in [7, 11) is 0. The largest absolute Gasteiger partial charge is 0.423 e. The number of hydrogen-bond donors (Lipinski definition) is 0. The molecular formula is C19H18O2. The first-order chi connectivity index (χ1) is 10.1. The Kier molecular flexibility index (Phi) is 3.61. The Morgan fingerprint density at radius 1 is 0.857 bits per heavy atom. The Labute approximate surface area is 124 Å². The van der Waals surface area contributed by atoms with Gasteiger partial charge in [-0.15, -0.1) is 0 Å². The lowest BCUT2D eigenvalue weighted by Gasteiger charge is -2.09. The zero-order chi connectivity index (χ0) is 14.8. The van der Waals surface area contributed by atoms with Gasteiger partial charge in [0.25, 0.3) is 0 Å². The average Bonchev–Trinajstić information content (AvgIpc) is 2.48. The number of aryl methyl sites for hydroxylation is 4. The number of hydrogen-bond acceptors (Lipinski definition) is 2. The van der Waals surface area contributed by atoms with Crippen molar-refractivity contribution in [2.24, 2.45) is 0 Å². The monoisotopic (exact) mass is 278 g/mol. The summed E-state index contributed by atoms with van der Waals surface area (Å²) in [5.74, 6) is 0. The number of fused-ring (bicyclic) bond motifs is 1. The van der Waals surface area contributed by atoms with Crippen molar-refractivity contribution in [2.45, 2.75) is 26.7 Å². The van der Waals surface area contributed by atoms with Crippen LogP contribution in [-0.2, 0) is 12.8 Å². The maximum atomic E-state index is 11.3. The van der Waals surface area contributed by atoms with Gasteiger partial charge in [0, 0.05) is 11.5 Å². The topological polar surface area (TPSA) is 30.2 Å². The van der Waals surface area contributed by atoms with Gasteiger partial charge in [0.1, 0.15) is 5.58 Å². The SMILES string of the molecule is Cc1ccc(CCc2ccc3oc(=O)ccc3c2C)cc1. The highest BCUT2D eigenvalue weighted by atomic mass is 16.4. The minimum Gasteiger partial charge on any atom is -0.423 e. The van der Waals surface area contributed by atoms with Gasteiger partial charge in [-0.25, -0.2) is 4.79 Å². The van der Waals surface area contributed by atoms with Gasteiger partial charge in [-0.1, -0.05) is 35.9 Å². The molecule has 106 valence electrons. The molecule has 21 heavy (non-hydrogen) atoms. The van der Waals surface area contributed by atoms with Crippen LogP contribution in [0.15, 0.2) is 57.7 Å². The summed E-state index contributed by atoms with van der Waals surface area (Å²) in [5.41, 5.74) is 5.50. The standard InChI is InChI=1S/C19H18O2/c1-13-3-5-15(6-4-13)7-8-16-9-11-18-17(14(16)2)10-12-19(20)21-18/h3-6,9-12H,7-8H2,1-2H3. The molecule has 0 bridgehead atoms. The van der Waals surface area contributed by atoms with Crippen LogP contribution in [0.3, 0.4) is 0 Å². The normalized spacial score (nSPS) is 11.0. The van der Waals surface area contributed by atoms with E-state index in [9.17, 15) is 4.79 Å². The highest BCUT2D eigenvalue weighted by molar-refractivity contribution is 5.81. The molecule has 0 aliphatic heterocycles. The number of benzene rings is 2. The third-order valence-electron chi connectivity index (χ3n) is 3.99. The Morgan fingerprint density at radius 2 is 1.62 bits per heavy atom. The van der Waals surface area contributed by atoms with E-state index in [0.717, 1.165) is 18.2 Å². The third-order valence-corrected chi connectivity index (χ3v) is 3.99. The molecular weight excluding hydrogens is 260 g/mol. The second kappa shape index (κ2) is 5.57. The van der Waals surface area contributed by atoms with Crippen molar-refractivity contribution in [1.29, 1.82) is 0 Å². The van der Waals surface area contributed by atoms with Crippen LogP contribution >= 0.6 is 0 Å². The van der Waals surface area contributed by atoms with Crippen molar-refractivity contribution in [3.05, 3.63) is 81.2 Å². The summed E-state index contributed by atoms with van der Waals surface area (Å²) in [5, 5.41) is 1.02. The lowest BCUT2D eigenvalue weighted by atomic mass is 9.97. The smallest absolute Gasteiger partial charge is 0.336 e. The first-order valence-electron chi connectivity index (χ1n) is 7.21. The summed E-state index contributed by atoms with van der Waals surface area (Å²) >= 11 is 0. The maximum Gasteiger partial charge on any atom is 0.336 e. The predicted octanol–water partition coefficient (Wildman–Crippen LogP) is 4.20. The van der Waals surface area contributed by atoms with Crippen LogP contribution < -0.4 is 5.63 Å². The van der Waals surface area contributed by atoms with Crippen LogP contribution in [0.2, 0.25) is 0 Å². The van der Waals surface area contributed by atoms with Crippen LogP contribution in [0.4, 0.5) is 0 Å². The van der Waals surface area contributed by atoms with Gasteiger partial charge in [-0.05, 0) is 55.5 Å². The van der Waals surface area contributed by atoms with E-state index in [4.69, 9.17) is 4.42 Å². The molecule has 0 aliphatic carbocycles. The Hall–Kier alpha value is -2.35. The molecule has 2 heteroatoms. The van der Waals surface area contributed by atoms with E-state index in [1.165, 1.54) is 28.3 Å². The van der Waals surface area contributed by atoms with Gasteiger partial charge < -0.3 is 4.42 Å². The molecule has 2 aromatic carbocycles. The third kappa shape index (κ3) is 2.89. The Bertz CT molecular complexity index is 826. The van der Waals surface area contributed by atoms with Crippen molar-refractivity contribution in [3.63, 3.8) is 0 Å². The molecule has 0 N–H and O–H groups in total. The van der Waals surface area contributed by atoms with Gasteiger partial charge >= 0.3 is 5.63 Å². The molecule has 1 heterocycles. The molecule has 0 saturated carbocycles. The van der Waals surface area contributed by atoms with Crippen molar-refractivity contribution in [2.75, 3.05) is 0 Å². The van der Waals surface area contributed by atoms with Crippen LogP contribution in [0.5, 0.6) is 0 Å². The van der Waals surface area contributed by atoms with E-state index in [1.54, 1.807) is 0 Å². The summed E-state index contributed by atoms with van der Waals surface area (Å²) in [6, 6.07) is 16.0. The lowest BCUT2D eigenvalue weighted by Crippen LogP contribution is -1.98. The van der Waals surface area contributed by atoms with E-state index < -0.39 is 0 Å². The zero-order valence-electron chi connectivity index (χ0n) is 12.3. The van der Waals surface area contributed by atoms with Gasteiger partial charge in [0.2, 0.25) is 0 Å². The van der Waals surface area contributed by atoms with Crippen LogP contribution in [-0.4, -0.2) is 0 Å². The van der Waals surface area contributed by atoms with E-state index in [0.29, 0.717) is 5.58 Å². The van der Waals surface area contributed by atoms with E-state index >= 15 is 0 Å². The maximum absolute atomic E-state index is 11.3. The van der Waals surface area contributed by atoms with Crippen molar-refractivity contribution in [1.82, 2.24) is 0 Å². The minimum atomic E-state index is -0.297. The minimum absolute atomic E-state index is 0.297. The number of rotatable bonds is 3. The second-order valence-electron chi connectivity index (χ2n) is 5.50. The van der Waals surface area contributed by atoms with E-state index in [-0.39, 0.29) is 5.63 Å². The van der Waals surface area contributed by atoms with Gasteiger partial charge in [-0.2, -0.15) is 0 Å². The van der Waals surface area contributed by atoms with E-state index in [1.807, 2.05) is 12.1 Å². The Balaban J connectivity index is 1.87. The molecule has 0 aliphatic rings. The fourth-order valence-electron chi connectivity index (χ4n) is 2.64. The molecule has 0 unspecified atom stereocenters. The molecule has 0 fully saturated rings. The fraction of sp³-hybridized carbons (Fsp3) is 0.211. The molecule has 0 radical (unpaired) electrons.